The minimum Gasteiger partial charge on any atom is -0.326 e. The number of anilines is 1. The van der Waals surface area contributed by atoms with E-state index < -0.39 is 5.91 Å². The van der Waals surface area contributed by atoms with Gasteiger partial charge in [0.05, 0.1) is 6.42 Å². The van der Waals surface area contributed by atoms with Crippen LogP contribution in [0.4, 0.5) is 10.1 Å². The highest BCUT2D eigenvalue weighted by Gasteiger charge is 2.06. The van der Waals surface area contributed by atoms with Crippen LogP contribution in [0.5, 0.6) is 0 Å². The summed E-state index contributed by atoms with van der Waals surface area (Å²) in [6.07, 6.45) is -0.185. The molecule has 0 aliphatic carbocycles. The smallest absolute Gasteiger partial charge is 0.231 e. The Morgan fingerprint density at radius 3 is 2.60 bits per heavy atom. The van der Waals surface area contributed by atoms with E-state index in [1.165, 1.54) is 13.0 Å². The van der Waals surface area contributed by atoms with Gasteiger partial charge in [-0.05, 0) is 31.5 Å². The Morgan fingerprint density at radius 1 is 1.40 bits per heavy atom. The van der Waals surface area contributed by atoms with Crippen molar-refractivity contribution in [1.29, 1.82) is 0 Å². The number of carbonyl (C=O) groups excluding carboxylic acids is 2. The lowest BCUT2D eigenvalue weighted by atomic mass is 10.2. The SMILES string of the molecule is CC(=O)CC(=O)Nc1ccc(C)c(F)c1. The van der Waals surface area contributed by atoms with E-state index >= 15 is 0 Å². The van der Waals surface area contributed by atoms with Gasteiger partial charge in [-0.1, -0.05) is 6.07 Å². The minimum atomic E-state index is -0.425. The maximum Gasteiger partial charge on any atom is 0.231 e. The van der Waals surface area contributed by atoms with Crippen LogP contribution in [0.2, 0.25) is 0 Å². The lowest BCUT2D eigenvalue weighted by Gasteiger charge is -2.04. The van der Waals surface area contributed by atoms with Gasteiger partial charge in [-0.25, -0.2) is 4.39 Å². The largest absolute Gasteiger partial charge is 0.326 e. The Labute approximate surface area is 87.3 Å². The number of carbonyl (C=O) groups is 2. The zero-order valence-electron chi connectivity index (χ0n) is 8.63. The number of rotatable bonds is 3. The summed E-state index contributed by atoms with van der Waals surface area (Å²) in [5.74, 6) is -1.03. The van der Waals surface area contributed by atoms with E-state index in [0.717, 1.165) is 0 Å². The van der Waals surface area contributed by atoms with Crippen molar-refractivity contribution in [3.05, 3.63) is 29.6 Å². The lowest BCUT2D eigenvalue weighted by Crippen LogP contribution is -2.14. The molecule has 80 valence electrons. The van der Waals surface area contributed by atoms with Gasteiger partial charge in [0.15, 0.2) is 0 Å². The standard InChI is InChI=1S/C11H12FNO2/c1-7-3-4-9(6-10(7)12)13-11(15)5-8(2)14/h3-4,6H,5H2,1-2H3,(H,13,15). The Kier molecular flexibility index (Phi) is 3.55. The summed E-state index contributed by atoms with van der Waals surface area (Å²) in [5, 5.41) is 2.44. The minimum absolute atomic E-state index is 0.185. The number of hydrogen-bond acceptors (Lipinski definition) is 2. The molecule has 0 atom stereocenters. The van der Waals surface area contributed by atoms with Crippen LogP contribution in [-0.4, -0.2) is 11.7 Å². The highest BCUT2D eigenvalue weighted by atomic mass is 19.1. The van der Waals surface area contributed by atoms with Crippen LogP contribution in [0, 0.1) is 12.7 Å². The van der Waals surface area contributed by atoms with Gasteiger partial charge in [-0.3, -0.25) is 9.59 Å². The number of aryl methyl sites for hydroxylation is 1. The summed E-state index contributed by atoms with van der Waals surface area (Å²) in [7, 11) is 0. The highest BCUT2D eigenvalue weighted by Crippen LogP contribution is 2.13. The quantitative estimate of drug-likeness (QED) is 0.774. The first-order valence-electron chi connectivity index (χ1n) is 4.54. The van der Waals surface area contributed by atoms with Gasteiger partial charge in [0.1, 0.15) is 11.6 Å². The van der Waals surface area contributed by atoms with Crippen molar-refractivity contribution in [3.63, 3.8) is 0 Å². The second-order valence-corrected chi connectivity index (χ2v) is 3.39. The highest BCUT2D eigenvalue weighted by molar-refractivity contribution is 6.03. The monoisotopic (exact) mass is 209 g/mol. The molecule has 1 N–H and O–H groups in total. The van der Waals surface area contributed by atoms with E-state index in [9.17, 15) is 14.0 Å². The molecule has 0 aliphatic rings. The average Bonchev–Trinajstić information content (AvgIpc) is 2.10. The number of halogens is 1. The molecule has 0 heterocycles. The van der Waals surface area contributed by atoms with Crippen molar-refractivity contribution in [2.45, 2.75) is 20.3 Å². The molecule has 0 saturated heterocycles. The molecular weight excluding hydrogens is 197 g/mol. The molecule has 1 aromatic rings. The van der Waals surface area contributed by atoms with Crippen molar-refractivity contribution in [2.24, 2.45) is 0 Å². The molecule has 1 aromatic carbocycles. The van der Waals surface area contributed by atoms with Crippen molar-refractivity contribution in [2.75, 3.05) is 5.32 Å². The molecule has 0 aliphatic heterocycles. The predicted octanol–water partition coefficient (Wildman–Crippen LogP) is 2.05. The fraction of sp³-hybridized carbons (Fsp3) is 0.273. The van der Waals surface area contributed by atoms with Crippen LogP contribution < -0.4 is 5.32 Å². The van der Waals surface area contributed by atoms with E-state index in [-0.39, 0.29) is 18.0 Å². The van der Waals surface area contributed by atoms with Crippen molar-refractivity contribution < 1.29 is 14.0 Å². The topological polar surface area (TPSA) is 46.2 Å². The average molecular weight is 209 g/mol. The fourth-order valence-corrected chi connectivity index (χ4v) is 1.10. The second kappa shape index (κ2) is 4.68. The van der Waals surface area contributed by atoms with Gasteiger partial charge in [-0.2, -0.15) is 0 Å². The first-order chi connectivity index (χ1) is 6.99. The molecule has 0 bridgehead atoms. The van der Waals surface area contributed by atoms with Gasteiger partial charge in [-0.15, -0.1) is 0 Å². The molecule has 0 fully saturated rings. The summed E-state index contributed by atoms with van der Waals surface area (Å²) in [4.78, 5) is 21.8. The first-order valence-corrected chi connectivity index (χ1v) is 4.54. The van der Waals surface area contributed by atoms with Crippen LogP contribution in [0.15, 0.2) is 18.2 Å². The van der Waals surface area contributed by atoms with E-state index in [1.807, 2.05) is 0 Å². The summed E-state index contributed by atoms with van der Waals surface area (Å²) in [6, 6.07) is 4.39. The van der Waals surface area contributed by atoms with E-state index in [2.05, 4.69) is 5.32 Å². The Bertz CT molecular complexity index is 402. The summed E-state index contributed by atoms with van der Waals surface area (Å²) in [6.45, 7) is 2.96. The normalized spacial score (nSPS) is 9.80. The summed E-state index contributed by atoms with van der Waals surface area (Å²) >= 11 is 0. The number of Topliss-reactive ketones (excluding diaryl/α,β-unsaturated/α-hetero) is 1. The maximum absolute atomic E-state index is 13.1. The number of amides is 1. The van der Waals surface area contributed by atoms with E-state index in [4.69, 9.17) is 0 Å². The van der Waals surface area contributed by atoms with Gasteiger partial charge in [0.25, 0.3) is 0 Å². The maximum atomic E-state index is 13.1. The van der Waals surface area contributed by atoms with Gasteiger partial charge < -0.3 is 5.32 Å². The lowest BCUT2D eigenvalue weighted by molar-refractivity contribution is -0.124. The molecule has 1 rings (SSSR count). The van der Waals surface area contributed by atoms with Gasteiger partial charge >= 0.3 is 0 Å². The summed E-state index contributed by atoms with van der Waals surface area (Å²) < 4.78 is 13.1. The number of ketones is 1. The van der Waals surface area contributed by atoms with Gasteiger partial charge in [0, 0.05) is 5.69 Å². The van der Waals surface area contributed by atoms with Crippen molar-refractivity contribution in [1.82, 2.24) is 0 Å². The number of hydrogen-bond donors (Lipinski definition) is 1. The van der Waals surface area contributed by atoms with Crippen LogP contribution in [0.25, 0.3) is 0 Å². The van der Waals surface area contributed by atoms with E-state index in [1.54, 1.807) is 19.1 Å². The molecule has 0 unspecified atom stereocenters. The molecule has 1 amide bonds. The van der Waals surface area contributed by atoms with Gasteiger partial charge in [0.2, 0.25) is 5.91 Å². The third kappa shape index (κ3) is 3.50. The molecule has 0 saturated carbocycles. The van der Waals surface area contributed by atoms with Crippen LogP contribution >= 0.6 is 0 Å². The van der Waals surface area contributed by atoms with E-state index in [0.29, 0.717) is 11.3 Å². The third-order valence-electron chi connectivity index (χ3n) is 1.87. The Morgan fingerprint density at radius 2 is 2.07 bits per heavy atom. The molecule has 0 spiro atoms. The number of nitrogens with one attached hydrogen (secondary N) is 1. The molecular formula is C11H12FNO2. The molecule has 0 radical (unpaired) electrons. The number of benzene rings is 1. The first kappa shape index (κ1) is 11.4. The third-order valence-corrected chi connectivity index (χ3v) is 1.87. The molecule has 0 aromatic heterocycles. The second-order valence-electron chi connectivity index (χ2n) is 3.39. The molecule has 3 nitrogen and oxygen atoms in total. The van der Waals surface area contributed by atoms with Crippen molar-refractivity contribution >= 4 is 17.4 Å². The zero-order chi connectivity index (χ0) is 11.4. The fourth-order valence-electron chi connectivity index (χ4n) is 1.10. The molecule has 15 heavy (non-hydrogen) atoms. The zero-order valence-corrected chi connectivity index (χ0v) is 8.63. The predicted molar refractivity (Wildman–Crippen MR) is 55.1 cm³/mol. The van der Waals surface area contributed by atoms with Crippen molar-refractivity contribution in [3.8, 4) is 0 Å². The van der Waals surface area contributed by atoms with Crippen LogP contribution in [-0.2, 0) is 9.59 Å². The Hall–Kier alpha value is -1.71. The van der Waals surface area contributed by atoms with Crippen LogP contribution in [0.3, 0.4) is 0 Å². The summed E-state index contributed by atoms with van der Waals surface area (Å²) in [5.41, 5.74) is 0.879. The molecule has 4 heteroatoms. The Balaban J connectivity index is 2.69. The van der Waals surface area contributed by atoms with Crippen LogP contribution in [0.1, 0.15) is 18.9 Å².